The summed E-state index contributed by atoms with van der Waals surface area (Å²) in [5.41, 5.74) is 5.74. The summed E-state index contributed by atoms with van der Waals surface area (Å²) >= 11 is 0. The molecule has 0 aromatic heterocycles. The Bertz CT molecular complexity index is 500. The van der Waals surface area contributed by atoms with E-state index < -0.39 is 23.5 Å². The monoisotopic (exact) mass is 296 g/mol. The SMILES string of the molecule is CC(C)(Cc1ccc(F)cc1)N[C@@H](CCC(=O)O)C(N)=O. The zero-order valence-corrected chi connectivity index (χ0v) is 12.2. The molecule has 0 unspecified atom stereocenters. The quantitative estimate of drug-likeness (QED) is 0.677. The fourth-order valence-corrected chi connectivity index (χ4v) is 2.19. The maximum Gasteiger partial charge on any atom is 0.303 e. The van der Waals surface area contributed by atoms with Gasteiger partial charge in [-0.05, 0) is 44.4 Å². The van der Waals surface area contributed by atoms with Crippen LogP contribution in [0, 0.1) is 5.82 Å². The minimum atomic E-state index is -0.973. The Balaban J connectivity index is 2.68. The molecule has 0 saturated carbocycles. The molecule has 6 heteroatoms. The molecule has 1 aromatic rings. The molecule has 0 aliphatic heterocycles. The first kappa shape index (κ1) is 17.1. The molecule has 5 nitrogen and oxygen atoms in total. The van der Waals surface area contributed by atoms with E-state index in [0.717, 1.165) is 5.56 Å². The zero-order valence-electron chi connectivity index (χ0n) is 12.2. The van der Waals surface area contributed by atoms with Gasteiger partial charge in [-0.15, -0.1) is 0 Å². The molecule has 0 saturated heterocycles. The predicted octanol–water partition coefficient (Wildman–Crippen LogP) is 1.46. The van der Waals surface area contributed by atoms with Crippen molar-refractivity contribution in [1.82, 2.24) is 5.32 Å². The number of benzene rings is 1. The number of hydrogen-bond donors (Lipinski definition) is 3. The maximum atomic E-state index is 12.9. The summed E-state index contributed by atoms with van der Waals surface area (Å²) in [4.78, 5) is 22.0. The lowest BCUT2D eigenvalue weighted by atomic mass is 9.93. The van der Waals surface area contributed by atoms with Crippen molar-refractivity contribution in [1.29, 1.82) is 0 Å². The van der Waals surface area contributed by atoms with Crippen molar-refractivity contribution in [2.24, 2.45) is 5.73 Å². The van der Waals surface area contributed by atoms with Crippen LogP contribution >= 0.6 is 0 Å². The minimum Gasteiger partial charge on any atom is -0.481 e. The van der Waals surface area contributed by atoms with Crippen LogP contribution < -0.4 is 11.1 Å². The molecule has 0 heterocycles. The van der Waals surface area contributed by atoms with E-state index in [-0.39, 0.29) is 18.7 Å². The van der Waals surface area contributed by atoms with E-state index in [1.54, 1.807) is 12.1 Å². The summed E-state index contributed by atoms with van der Waals surface area (Å²) in [6.45, 7) is 3.76. The number of carboxylic acid groups (broad SMARTS) is 1. The summed E-state index contributed by atoms with van der Waals surface area (Å²) in [5.74, 6) is -1.86. The Labute approximate surface area is 123 Å². The molecular weight excluding hydrogens is 275 g/mol. The Morgan fingerprint density at radius 1 is 1.33 bits per heavy atom. The first-order valence-electron chi connectivity index (χ1n) is 6.73. The number of carbonyl (C=O) groups is 2. The summed E-state index contributed by atoms with van der Waals surface area (Å²) in [7, 11) is 0. The second-order valence-electron chi connectivity index (χ2n) is 5.72. The molecule has 0 fully saturated rings. The first-order chi connectivity index (χ1) is 9.69. The second kappa shape index (κ2) is 7.17. The number of primary amides is 1. The van der Waals surface area contributed by atoms with Crippen LogP contribution in [0.2, 0.25) is 0 Å². The highest BCUT2D eigenvalue weighted by molar-refractivity contribution is 5.80. The topological polar surface area (TPSA) is 92.4 Å². The fourth-order valence-electron chi connectivity index (χ4n) is 2.19. The summed E-state index contributed by atoms with van der Waals surface area (Å²) < 4.78 is 12.9. The Morgan fingerprint density at radius 2 is 1.90 bits per heavy atom. The molecule has 0 spiro atoms. The van der Waals surface area contributed by atoms with Crippen molar-refractivity contribution >= 4 is 11.9 Å². The van der Waals surface area contributed by atoms with Crippen LogP contribution in [-0.4, -0.2) is 28.6 Å². The van der Waals surface area contributed by atoms with Crippen LogP contribution in [0.3, 0.4) is 0 Å². The van der Waals surface area contributed by atoms with Gasteiger partial charge in [-0.3, -0.25) is 9.59 Å². The van der Waals surface area contributed by atoms with Crippen LogP contribution in [-0.2, 0) is 16.0 Å². The Kier molecular flexibility index (Phi) is 5.84. The first-order valence-corrected chi connectivity index (χ1v) is 6.73. The average molecular weight is 296 g/mol. The van der Waals surface area contributed by atoms with E-state index in [0.29, 0.717) is 6.42 Å². The van der Waals surface area contributed by atoms with Gasteiger partial charge in [-0.25, -0.2) is 4.39 Å². The van der Waals surface area contributed by atoms with Gasteiger partial charge in [-0.1, -0.05) is 12.1 Å². The van der Waals surface area contributed by atoms with Crippen molar-refractivity contribution < 1.29 is 19.1 Å². The third-order valence-corrected chi connectivity index (χ3v) is 3.11. The number of nitrogens with two attached hydrogens (primary N) is 1. The molecule has 21 heavy (non-hydrogen) atoms. The number of carbonyl (C=O) groups excluding carboxylic acids is 1. The van der Waals surface area contributed by atoms with Crippen LogP contribution in [0.1, 0.15) is 32.3 Å². The van der Waals surface area contributed by atoms with Gasteiger partial charge in [-0.2, -0.15) is 0 Å². The molecule has 1 atom stereocenters. The van der Waals surface area contributed by atoms with Gasteiger partial charge >= 0.3 is 5.97 Å². The lowest BCUT2D eigenvalue weighted by Crippen LogP contribution is -2.52. The Morgan fingerprint density at radius 3 is 2.38 bits per heavy atom. The molecule has 1 amide bonds. The van der Waals surface area contributed by atoms with Crippen LogP contribution in [0.4, 0.5) is 4.39 Å². The van der Waals surface area contributed by atoms with Crippen LogP contribution in [0.25, 0.3) is 0 Å². The number of aliphatic carboxylic acids is 1. The standard InChI is InChI=1S/C15H21FN2O3/c1-15(2,9-10-3-5-11(16)6-4-10)18-12(14(17)21)7-8-13(19)20/h3-6,12,18H,7-9H2,1-2H3,(H2,17,21)(H,19,20)/t12-/m0/s1. The molecule has 0 aliphatic carbocycles. The molecule has 4 N–H and O–H groups in total. The van der Waals surface area contributed by atoms with Crippen molar-refractivity contribution in [3.05, 3.63) is 35.6 Å². The Hall–Kier alpha value is -1.95. The van der Waals surface area contributed by atoms with E-state index in [1.165, 1.54) is 12.1 Å². The molecule has 0 aliphatic rings. The van der Waals surface area contributed by atoms with Crippen molar-refractivity contribution in [2.45, 2.75) is 44.7 Å². The van der Waals surface area contributed by atoms with Gasteiger partial charge in [0.25, 0.3) is 0 Å². The zero-order chi connectivity index (χ0) is 16.0. The molecule has 1 rings (SSSR count). The van der Waals surface area contributed by atoms with Crippen LogP contribution in [0.15, 0.2) is 24.3 Å². The van der Waals surface area contributed by atoms with Crippen molar-refractivity contribution in [2.75, 3.05) is 0 Å². The highest BCUT2D eigenvalue weighted by atomic mass is 19.1. The number of rotatable bonds is 8. The summed E-state index contributed by atoms with van der Waals surface area (Å²) in [6, 6.07) is 5.39. The fraction of sp³-hybridized carbons (Fsp3) is 0.467. The van der Waals surface area contributed by atoms with E-state index in [1.807, 2.05) is 13.8 Å². The number of halogens is 1. The van der Waals surface area contributed by atoms with Gasteiger partial charge < -0.3 is 16.2 Å². The number of hydrogen-bond acceptors (Lipinski definition) is 3. The average Bonchev–Trinajstić information content (AvgIpc) is 2.36. The van der Waals surface area contributed by atoms with E-state index in [2.05, 4.69) is 5.32 Å². The number of carboxylic acids is 1. The van der Waals surface area contributed by atoms with Crippen LogP contribution in [0.5, 0.6) is 0 Å². The van der Waals surface area contributed by atoms with E-state index in [9.17, 15) is 14.0 Å². The highest BCUT2D eigenvalue weighted by Crippen LogP contribution is 2.15. The van der Waals surface area contributed by atoms with Gasteiger partial charge in [0.05, 0.1) is 6.04 Å². The lowest BCUT2D eigenvalue weighted by molar-refractivity contribution is -0.137. The molecule has 1 aromatic carbocycles. The third-order valence-electron chi connectivity index (χ3n) is 3.11. The van der Waals surface area contributed by atoms with Gasteiger partial charge in [0.15, 0.2) is 0 Å². The van der Waals surface area contributed by atoms with Crippen molar-refractivity contribution in [3.8, 4) is 0 Å². The smallest absolute Gasteiger partial charge is 0.303 e. The van der Waals surface area contributed by atoms with E-state index >= 15 is 0 Å². The predicted molar refractivity (Wildman–Crippen MR) is 77.2 cm³/mol. The second-order valence-corrected chi connectivity index (χ2v) is 5.72. The van der Waals surface area contributed by atoms with Gasteiger partial charge in [0, 0.05) is 12.0 Å². The summed E-state index contributed by atoms with van der Waals surface area (Å²) in [6.07, 6.45) is 0.564. The molecule has 0 radical (unpaired) electrons. The normalized spacial score (nSPS) is 12.9. The third kappa shape index (κ3) is 6.35. The molecule has 116 valence electrons. The minimum absolute atomic E-state index is 0.132. The lowest BCUT2D eigenvalue weighted by Gasteiger charge is -2.30. The largest absolute Gasteiger partial charge is 0.481 e. The van der Waals surface area contributed by atoms with Crippen molar-refractivity contribution in [3.63, 3.8) is 0 Å². The molecule has 0 bridgehead atoms. The number of nitrogens with one attached hydrogen (secondary N) is 1. The summed E-state index contributed by atoms with van der Waals surface area (Å²) in [5, 5.41) is 11.8. The van der Waals surface area contributed by atoms with E-state index in [4.69, 9.17) is 10.8 Å². The number of amides is 1. The highest BCUT2D eigenvalue weighted by Gasteiger charge is 2.26. The van der Waals surface area contributed by atoms with Gasteiger partial charge in [0.1, 0.15) is 5.82 Å². The maximum absolute atomic E-state index is 12.9. The van der Waals surface area contributed by atoms with Gasteiger partial charge in [0.2, 0.25) is 5.91 Å². The molecular formula is C15H21FN2O3.